The lowest BCUT2D eigenvalue weighted by molar-refractivity contribution is -0.136. The van der Waals surface area contributed by atoms with Crippen LogP contribution in [0.2, 0.25) is 0 Å². The van der Waals surface area contributed by atoms with Gasteiger partial charge in [-0.15, -0.1) is 0 Å². The summed E-state index contributed by atoms with van der Waals surface area (Å²) in [6.07, 6.45) is 2.63. The van der Waals surface area contributed by atoms with E-state index in [0.29, 0.717) is 63.0 Å². The number of halogens is 3. The first kappa shape index (κ1) is 26.7. The van der Waals surface area contributed by atoms with E-state index in [4.69, 9.17) is 5.73 Å². The molecule has 2 amide bonds. The number of likely N-dealkylation sites (tertiary alicyclic amines) is 2. The van der Waals surface area contributed by atoms with Crippen LogP contribution in [0.1, 0.15) is 75.0 Å². The Labute approximate surface area is 222 Å². The van der Waals surface area contributed by atoms with Crippen molar-refractivity contribution in [3.63, 3.8) is 0 Å². The average Bonchev–Trinajstić information content (AvgIpc) is 3.56. The molecule has 2 aromatic carbocycles. The molecule has 2 unspecified atom stereocenters. The van der Waals surface area contributed by atoms with Gasteiger partial charge in [0.15, 0.2) is 0 Å². The van der Waals surface area contributed by atoms with Gasteiger partial charge in [-0.25, -0.2) is 13.2 Å². The Morgan fingerprint density at radius 3 is 2.08 bits per heavy atom. The van der Waals surface area contributed by atoms with Crippen molar-refractivity contribution in [1.82, 2.24) is 9.80 Å². The van der Waals surface area contributed by atoms with Crippen molar-refractivity contribution in [2.75, 3.05) is 26.2 Å². The minimum absolute atomic E-state index is 0.0148. The fourth-order valence-corrected chi connectivity index (χ4v) is 6.44. The lowest BCUT2D eigenvalue weighted by atomic mass is 9.80. The van der Waals surface area contributed by atoms with Crippen LogP contribution in [0.25, 0.3) is 0 Å². The molecule has 2 saturated heterocycles. The minimum atomic E-state index is -0.781. The number of carbonyl (C=O) groups is 2. The van der Waals surface area contributed by atoms with E-state index in [1.807, 2.05) is 4.90 Å². The van der Waals surface area contributed by atoms with Gasteiger partial charge in [-0.2, -0.15) is 0 Å². The van der Waals surface area contributed by atoms with E-state index >= 15 is 0 Å². The Morgan fingerprint density at radius 1 is 0.921 bits per heavy atom. The molecule has 5 nitrogen and oxygen atoms in total. The maximum absolute atomic E-state index is 14.8. The number of nitrogens with zero attached hydrogens (tertiary/aromatic N) is 2. The molecule has 38 heavy (non-hydrogen) atoms. The van der Waals surface area contributed by atoms with Gasteiger partial charge < -0.3 is 10.6 Å². The zero-order valence-corrected chi connectivity index (χ0v) is 22.3. The molecule has 204 valence electrons. The highest BCUT2D eigenvalue weighted by molar-refractivity contribution is 5.90. The van der Waals surface area contributed by atoms with Crippen LogP contribution in [0.4, 0.5) is 13.2 Å². The predicted octanol–water partition coefficient (Wildman–Crippen LogP) is 4.84. The highest BCUT2D eigenvalue weighted by atomic mass is 19.1. The van der Waals surface area contributed by atoms with Gasteiger partial charge in [0.05, 0.1) is 11.3 Å². The Kier molecular flexibility index (Phi) is 6.83. The molecule has 3 fully saturated rings. The summed E-state index contributed by atoms with van der Waals surface area (Å²) in [7, 11) is 0. The second-order valence-electron chi connectivity index (χ2n) is 12.2. The molecule has 0 radical (unpaired) electrons. The van der Waals surface area contributed by atoms with E-state index in [-0.39, 0.29) is 29.1 Å². The molecule has 2 atom stereocenters. The predicted molar refractivity (Wildman–Crippen MR) is 139 cm³/mol. The number of piperidine rings is 1. The van der Waals surface area contributed by atoms with E-state index in [2.05, 4.69) is 25.7 Å². The number of benzene rings is 2. The van der Waals surface area contributed by atoms with Crippen molar-refractivity contribution in [2.45, 2.75) is 69.2 Å². The highest BCUT2D eigenvalue weighted by Crippen LogP contribution is 2.51. The number of amides is 2. The van der Waals surface area contributed by atoms with Crippen LogP contribution < -0.4 is 5.73 Å². The summed E-state index contributed by atoms with van der Waals surface area (Å²) < 4.78 is 42.6. The molecule has 1 aliphatic carbocycles. The van der Waals surface area contributed by atoms with Crippen molar-refractivity contribution >= 4 is 11.8 Å². The molecule has 2 heterocycles. The Morgan fingerprint density at radius 2 is 1.53 bits per heavy atom. The lowest BCUT2D eigenvalue weighted by Crippen LogP contribution is -2.44. The second-order valence-corrected chi connectivity index (χ2v) is 12.2. The van der Waals surface area contributed by atoms with Gasteiger partial charge in [0, 0.05) is 43.7 Å². The van der Waals surface area contributed by atoms with E-state index in [9.17, 15) is 22.8 Å². The third kappa shape index (κ3) is 4.83. The Bertz CT molecular complexity index is 1250. The fourth-order valence-electron chi connectivity index (χ4n) is 6.44. The van der Waals surface area contributed by atoms with E-state index in [1.165, 1.54) is 24.3 Å². The summed E-state index contributed by atoms with van der Waals surface area (Å²) in [6, 6.07) is 8.25. The monoisotopic (exact) mass is 527 g/mol. The van der Waals surface area contributed by atoms with Crippen LogP contribution in [0, 0.1) is 23.4 Å². The molecule has 1 saturated carbocycles. The first-order valence-corrected chi connectivity index (χ1v) is 13.5. The number of hydrogen-bond donors (Lipinski definition) is 1. The molecule has 0 bridgehead atoms. The number of nitrogens with two attached hydrogens (primary N) is 1. The van der Waals surface area contributed by atoms with Crippen molar-refractivity contribution in [1.29, 1.82) is 0 Å². The van der Waals surface area contributed by atoms with Crippen LogP contribution in [0.5, 0.6) is 0 Å². The number of rotatable bonds is 5. The molecule has 0 spiro atoms. The van der Waals surface area contributed by atoms with Gasteiger partial charge in [-0.1, -0.05) is 12.1 Å². The molecule has 2 N–H and O–H groups in total. The van der Waals surface area contributed by atoms with Crippen LogP contribution in [0.15, 0.2) is 36.4 Å². The third-order valence-electron chi connectivity index (χ3n) is 8.95. The van der Waals surface area contributed by atoms with E-state index < -0.39 is 28.9 Å². The summed E-state index contributed by atoms with van der Waals surface area (Å²) in [5, 5.41) is 0. The van der Waals surface area contributed by atoms with Gasteiger partial charge in [-0.05, 0) is 87.3 Å². The average molecular weight is 528 g/mol. The SMILES string of the molecule is CC(C)(C)N1CC(C(=O)N2CCC(c3ccc(F)cc3C3(C(N)=O)CC3)CC2)C(c2ccc(F)cc2F)C1. The molecule has 8 heteroatoms. The van der Waals surface area contributed by atoms with Gasteiger partial charge in [0.25, 0.3) is 0 Å². The topological polar surface area (TPSA) is 66.6 Å². The van der Waals surface area contributed by atoms with Crippen molar-refractivity contribution in [3.05, 3.63) is 70.5 Å². The highest BCUT2D eigenvalue weighted by Gasteiger charge is 2.52. The maximum atomic E-state index is 14.8. The van der Waals surface area contributed by atoms with Crippen LogP contribution in [-0.2, 0) is 15.0 Å². The zero-order valence-electron chi connectivity index (χ0n) is 22.3. The summed E-state index contributed by atoms with van der Waals surface area (Å²) in [5.41, 5.74) is 6.74. The van der Waals surface area contributed by atoms with Gasteiger partial charge >= 0.3 is 0 Å². The van der Waals surface area contributed by atoms with Crippen molar-refractivity contribution in [3.8, 4) is 0 Å². The maximum Gasteiger partial charge on any atom is 0.228 e. The van der Waals surface area contributed by atoms with E-state index in [1.54, 1.807) is 6.07 Å². The molecular formula is C30H36F3N3O2. The fraction of sp³-hybridized carbons (Fsp3) is 0.533. The number of primary amides is 1. The van der Waals surface area contributed by atoms with Gasteiger partial charge in [0.2, 0.25) is 11.8 Å². The summed E-state index contributed by atoms with van der Waals surface area (Å²) in [5.74, 6) is -2.77. The summed E-state index contributed by atoms with van der Waals surface area (Å²) >= 11 is 0. The quantitative estimate of drug-likeness (QED) is 0.605. The molecule has 3 aliphatic rings. The summed E-state index contributed by atoms with van der Waals surface area (Å²) in [4.78, 5) is 30.1. The normalized spacial score (nSPS) is 24.0. The second kappa shape index (κ2) is 9.70. The standard InChI is InChI=1S/C30H36F3N3O2/c1-29(2,3)36-16-23(22-7-5-20(32)15-26(22)33)24(17-36)27(37)35-12-8-18(9-13-35)21-6-4-19(31)14-25(21)30(10-11-30)28(34)38/h4-7,14-15,18,23-24H,8-13,16-17H2,1-3H3,(H2,34,38). The van der Waals surface area contributed by atoms with Crippen LogP contribution in [0.3, 0.4) is 0 Å². The van der Waals surface area contributed by atoms with Crippen molar-refractivity contribution < 1.29 is 22.8 Å². The third-order valence-corrected chi connectivity index (χ3v) is 8.95. The molecule has 2 aliphatic heterocycles. The number of carbonyl (C=O) groups excluding carboxylic acids is 2. The lowest BCUT2D eigenvalue weighted by Gasteiger charge is -2.36. The minimum Gasteiger partial charge on any atom is -0.369 e. The molecule has 0 aromatic heterocycles. The molecular weight excluding hydrogens is 491 g/mol. The first-order valence-electron chi connectivity index (χ1n) is 13.5. The first-order chi connectivity index (χ1) is 17.9. The Balaban J connectivity index is 1.34. The summed E-state index contributed by atoms with van der Waals surface area (Å²) in [6.45, 7) is 8.29. The van der Waals surface area contributed by atoms with Crippen LogP contribution in [-0.4, -0.2) is 53.3 Å². The van der Waals surface area contributed by atoms with Gasteiger partial charge in [-0.3, -0.25) is 14.5 Å². The zero-order chi connectivity index (χ0) is 27.4. The largest absolute Gasteiger partial charge is 0.369 e. The molecule has 2 aromatic rings. The van der Waals surface area contributed by atoms with E-state index in [0.717, 1.165) is 11.6 Å². The number of hydrogen-bond acceptors (Lipinski definition) is 3. The van der Waals surface area contributed by atoms with Crippen LogP contribution >= 0.6 is 0 Å². The molecule has 5 rings (SSSR count). The Hall–Kier alpha value is -2.87. The van der Waals surface area contributed by atoms with Gasteiger partial charge in [0.1, 0.15) is 17.5 Å². The van der Waals surface area contributed by atoms with Crippen molar-refractivity contribution in [2.24, 2.45) is 11.7 Å². The smallest absolute Gasteiger partial charge is 0.228 e.